The molecule has 3 nitrogen and oxygen atoms in total. The minimum absolute atomic E-state index is 0.104. The molecule has 0 N–H and O–H groups in total. The van der Waals surface area contributed by atoms with E-state index < -0.39 is 18.0 Å². The van der Waals surface area contributed by atoms with E-state index in [1.54, 1.807) is 0 Å². The highest BCUT2D eigenvalue weighted by atomic mass is 32.2. The van der Waals surface area contributed by atoms with Crippen LogP contribution < -0.4 is 10.6 Å². The topological polar surface area (TPSA) is 57.2 Å². The summed E-state index contributed by atoms with van der Waals surface area (Å²) in [5.74, 6) is 4.94. The molecule has 34 heavy (non-hydrogen) atoms. The lowest BCUT2D eigenvalue weighted by atomic mass is 10.0. The summed E-state index contributed by atoms with van der Waals surface area (Å²) in [4.78, 5) is 0. The Labute approximate surface area is 205 Å². The Bertz CT molecular complexity index is 1160. The summed E-state index contributed by atoms with van der Waals surface area (Å²) in [7, 11) is -4.29. The van der Waals surface area contributed by atoms with Crippen molar-refractivity contribution in [3.8, 4) is 0 Å². The monoisotopic (exact) mass is 506 g/mol. The summed E-state index contributed by atoms with van der Waals surface area (Å²) < 4.78 is 27.2. The predicted molar refractivity (Wildman–Crippen MR) is 148 cm³/mol. The molecular formula is C28H28O3P2S. The van der Waals surface area contributed by atoms with Gasteiger partial charge < -0.3 is 4.55 Å². The Balaban J connectivity index is 0.000000588. The van der Waals surface area contributed by atoms with Gasteiger partial charge in [-0.05, 0) is 35.5 Å². The van der Waals surface area contributed by atoms with Crippen molar-refractivity contribution in [2.24, 2.45) is 0 Å². The van der Waals surface area contributed by atoms with Crippen LogP contribution in [0.4, 0.5) is 0 Å². The minimum Gasteiger partial charge on any atom is -0.748 e. The first-order chi connectivity index (χ1) is 16.4. The standard InChI is InChI=1S/C27H24P2.CH4O3S/c1-5-13-23(14-6-1)27(24-15-7-2-8-16-24)28-21-22-29(25-17-9-3-10-18-25)26-19-11-4-12-20-26;1-5(2,3)4/h1-22,27-28H;1H3,(H,2,3,4)/b22-21+;. The lowest BCUT2D eigenvalue weighted by Gasteiger charge is -2.15. The maximum Gasteiger partial charge on any atom is 0.119 e. The Morgan fingerprint density at radius 2 is 1.00 bits per heavy atom. The molecule has 0 aliphatic carbocycles. The molecule has 4 rings (SSSR count). The van der Waals surface area contributed by atoms with Crippen LogP contribution in [-0.2, 0) is 10.1 Å². The quantitative estimate of drug-likeness (QED) is 0.230. The molecule has 0 fully saturated rings. The molecule has 0 radical (unpaired) electrons. The smallest absolute Gasteiger partial charge is 0.119 e. The molecule has 0 amide bonds. The normalized spacial score (nSPS) is 11.8. The van der Waals surface area contributed by atoms with Crippen LogP contribution in [0.2, 0.25) is 0 Å². The SMILES string of the molecule is C(=C\P(c1ccccc1)c1ccccc1)/[PH2+]C(c1ccccc1)c1ccccc1.CS(=O)(=O)[O-]. The van der Waals surface area contributed by atoms with Crippen LogP contribution in [0.25, 0.3) is 0 Å². The Morgan fingerprint density at radius 1 is 0.676 bits per heavy atom. The zero-order chi connectivity index (χ0) is 24.2. The van der Waals surface area contributed by atoms with Crippen molar-refractivity contribution in [2.45, 2.75) is 5.66 Å². The van der Waals surface area contributed by atoms with Crippen molar-refractivity contribution in [3.63, 3.8) is 0 Å². The molecule has 1 atom stereocenters. The summed E-state index contributed by atoms with van der Waals surface area (Å²) >= 11 is 0. The largest absolute Gasteiger partial charge is 0.748 e. The molecule has 0 aromatic heterocycles. The van der Waals surface area contributed by atoms with Gasteiger partial charge in [0.1, 0.15) is 5.66 Å². The van der Waals surface area contributed by atoms with Crippen LogP contribution >= 0.6 is 16.5 Å². The summed E-state index contributed by atoms with van der Waals surface area (Å²) in [6, 6.07) is 43.6. The average Bonchev–Trinajstić information content (AvgIpc) is 2.85. The average molecular weight is 507 g/mol. The Kier molecular flexibility index (Phi) is 10.2. The predicted octanol–water partition coefficient (Wildman–Crippen LogP) is 5.95. The zero-order valence-electron chi connectivity index (χ0n) is 18.9. The van der Waals surface area contributed by atoms with E-state index in [4.69, 9.17) is 13.0 Å². The highest BCUT2D eigenvalue weighted by Crippen LogP contribution is 2.44. The lowest BCUT2D eigenvalue weighted by Crippen LogP contribution is -2.09. The summed E-state index contributed by atoms with van der Waals surface area (Å²) in [5.41, 5.74) is 3.27. The molecule has 0 aliphatic heterocycles. The van der Waals surface area contributed by atoms with Gasteiger partial charge in [0.05, 0.1) is 15.9 Å². The maximum atomic E-state index is 9.08. The van der Waals surface area contributed by atoms with Crippen molar-refractivity contribution in [3.05, 3.63) is 144 Å². The van der Waals surface area contributed by atoms with Crippen molar-refractivity contribution >= 4 is 37.2 Å². The highest BCUT2D eigenvalue weighted by molar-refractivity contribution is 7.84. The van der Waals surface area contributed by atoms with E-state index in [1.807, 2.05) is 0 Å². The van der Waals surface area contributed by atoms with E-state index in [1.165, 1.54) is 21.7 Å². The van der Waals surface area contributed by atoms with E-state index in [0.717, 1.165) is 0 Å². The lowest BCUT2D eigenvalue weighted by molar-refractivity contribution is 0.470. The Morgan fingerprint density at radius 3 is 1.35 bits per heavy atom. The third-order valence-electron chi connectivity index (χ3n) is 4.92. The summed E-state index contributed by atoms with van der Waals surface area (Å²) in [6.45, 7) is 0. The fourth-order valence-electron chi connectivity index (χ4n) is 3.48. The number of rotatable bonds is 7. The van der Waals surface area contributed by atoms with Gasteiger partial charge >= 0.3 is 0 Å². The van der Waals surface area contributed by atoms with Gasteiger partial charge in [-0.3, -0.25) is 0 Å². The van der Waals surface area contributed by atoms with Gasteiger partial charge in [0.25, 0.3) is 0 Å². The van der Waals surface area contributed by atoms with Crippen LogP contribution in [0.15, 0.2) is 133 Å². The molecule has 0 heterocycles. The fraction of sp³-hybridized carbons (Fsp3) is 0.0714. The first-order valence-corrected chi connectivity index (χ1v) is 15.4. The Hall–Kier alpha value is -2.61. The first kappa shape index (κ1) is 26.0. The second kappa shape index (κ2) is 13.3. The van der Waals surface area contributed by atoms with Crippen molar-refractivity contribution < 1.29 is 13.0 Å². The van der Waals surface area contributed by atoms with Crippen molar-refractivity contribution in [2.75, 3.05) is 6.26 Å². The summed E-state index contributed by atoms with van der Waals surface area (Å²) in [5, 5.41) is 2.81. The number of hydrogen-bond acceptors (Lipinski definition) is 3. The van der Waals surface area contributed by atoms with Crippen LogP contribution in [0.5, 0.6) is 0 Å². The van der Waals surface area contributed by atoms with Crippen LogP contribution in [0, 0.1) is 0 Å². The molecule has 0 aliphatic rings. The molecule has 4 aromatic rings. The third-order valence-corrected chi connectivity index (χ3v) is 9.00. The van der Waals surface area contributed by atoms with E-state index in [-0.39, 0.29) is 8.58 Å². The highest BCUT2D eigenvalue weighted by Gasteiger charge is 2.18. The second-order valence-electron chi connectivity index (χ2n) is 7.58. The first-order valence-electron chi connectivity index (χ1n) is 10.8. The van der Waals surface area contributed by atoms with Gasteiger partial charge in [-0.2, -0.15) is 0 Å². The molecule has 0 saturated heterocycles. The van der Waals surface area contributed by atoms with Crippen molar-refractivity contribution in [1.29, 1.82) is 0 Å². The molecule has 4 aromatic carbocycles. The fourth-order valence-corrected chi connectivity index (χ4v) is 7.31. The van der Waals surface area contributed by atoms with E-state index in [2.05, 4.69) is 133 Å². The molecule has 0 spiro atoms. The maximum absolute atomic E-state index is 9.08. The van der Waals surface area contributed by atoms with Gasteiger partial charge in [-0.25, -0.2) is 8.42 Å². The van der Waals surface area contributed by atoms with Gasteiger partial charge in [0, 0.05) is 14.8 Å². The molecule has 0 saturated carbocycles. The molecule has 174 valence electrons. The van der Waals surface area contributed by atoms with E-state index in [9.17, 15) is 0 Å². The van der Waals surface area contributed by atoms with Crippen LogP contribution in [0.3, 0.4) is 0 Å². The van der Waals surface area contributed by atoms with Gasteiger partial charge in [0.15, 0.2) is 0 Å². The van der Waals surface area contributed by atoms with Crippen LogP contribution in [-0.4, -0.2) is 19.2 Å². The molecule has 6 heteroatoms. The van der Waals surface area contributed by atoms with Gasteiger partial charge in [0.2, 0.25) is 0 Å². The van der Waals surface area contributed by atoms with E-state index in [0.29, 0.717) is 11.9 Å². The van der Waals surface area contributed by atoms with E-state index >= 15 is 0 Å². The van der Waals surface area contributed by atoms with Gasteiger partial charge in [-0.15, -0.1) is 0 Å². The number of benzene rings is 4. The van der Waals surface area contributed by atoms with Gasteiger partial charge in [-0.1, -0.05) is 121 Å². The molecule has 1 unspecified atom stereocenters. The zero-order valence-corrected chi connectivity index (χ0v) is 21.8. The number of hydrogen-bond donors (Lipinski definition) is 0. The van der Waals surface area contributed by atoms with Crippen molar-refractivity contribution in [1.82, 2.24) is 0 Å². The second-order valence-corrected chi connectivity index (χ2v) is 12.5. The molecular weight excluding hydrogens is 478 g/mol. The minimum atomic E-state index is -3.92. The third kappa shape index (κ3) is 8.97. The molecule has 0 bridgehead atoms. The van der Waals surface area contributed by atoms with Crippen LogP contribution in [0.1, 0.15) is 16.8 Å². The summed E-state index contributed by atoms with van der Waals surface area (Å²) in [6.07, 6.45) is 0.604.